The van der Waals surface area contributed by atoms with Gasteiger partial charge >= 0.3 is 0 Å². The van der Waals surface area contributed by atoms with Crippen LogP contribution in [0.15, 0.2) is 24.3 Å². The first-order valence-corrected chi connectivity index (χ1v) is 10.0. The zero-order valence-electron chi connectivity index (χ0n) is 13.5. The second-order valence-electron chi connectivity index (χ2n) is 6.14. The molecule has 0 aliphatic heterocycles. The van der Waals surface area contributed by atoms with E-state index in [1.165, 1.54) is 37.5 Å². The van der Waals surface area contributed by atoms with E-state index in [0.717, 1.165) is 16.9 Å². The van der Waals surface area contributed by atoms with Crippen molar-refractivity contribution in [1.29, 1.82) is 0 Å². The summed E-state index contributed by atoms with van der Waals surface area (Å²) in [6.45, 7) is 5.63. The van der Waals surface area contributed by atoms with Crippen molar-refractivity contribution in [3.8, 4) is 0 Å². The predicted octanol–water partition coefficient (Wildman–Crippen LogP) is 5.07. The molecular weight excluding hydrogens is 304 g/mol. The maximum absolute atomic E-state index is 10.3. The van der Waals surface area contributed by atoms with Crippen molar-refractivity contribution >= 4 is 21.4 Å². The summed E-state index contributed by atoms with van der Waals surface area (Å²) in [6, 6.07) is 8.42. The molecule has 1 aliphatic rings. The van der Waals surface area contributed by atoms with Gasteiger partial charge in [-0.2, -0.15) is 0 Å². The molecule has 1 saturated carbocycles. The summed E-state index contributed by atoms with van der Waals surface area (Å²) >= 11 is 5.89. The van der Waals surface area contributed by atoms with Crippen LogP contribution in [0.2, 0.25) is 5.02 Å². The van der Waals surface area contributed by atoms with Crippen LogP contribution in [0.4, 0.5) is 0 Å². The van der Waals surface area contributed by atoms with Crippen molar-refractivity contribution < 1.29 is 8.42 Å². The van der Waals surface area contributed by atoms with Gasteiger partial charge in [0.1, 0.15) is 9.84 Å². The molecule has 0 N–H and O–H groups in total. The third-order valence-corrected chi connectivity index (χ3v) is 6.30. The Hall–Kier alpha value is -0.540. The zero-order valence-corrected chi connectivity index (χ0v) is 15.0. The first-order valence-electron chi connectivity index (χ1n) is 7.70. The highest BCUT2D eigenvalue weighted by atomic mass is 35.5. The van der Waals surface area contributed by atoms with Gasteiger partial charge in [0.2, 0.25) is 0 Å². The van der Waals surface area contributed by atoms with Crippen molar-refractivity contribution in [1.82, 2.24) is 0 Å². The summed E-state index contributed by atoms with van der Waals surface area (Å²) in [4.78, 5) is 0. The second kappa shape index (κ2) is 8.19. The molecule has 0 radical (unpaired) electrons. The van der Waals surface area contributed by atoms with E-state index >= 15 is 0 Å². The molecule has 21 heavy (non-hydrogen) atoms. The predicted molar refractivity (Wildman–Crippen MR) is 91.8 cm³/mol. The monoisotopic (exact) mass is 330 g/mol. The second-order valence-corrected chi connectivity index (χ2v) is 9.17. The van der Waals surface area contributed by atoms with Crippen LogP contribution in [0.25, 0.3) is 0 Å². The van der Waals surface area contributed by atoms with Gasteiger partial charge in [0.15, 0.2) is 0 Å². The Bertz CT molecular complexity index is 520. The molecule has 0 amide bonds. The summed E-state index contributed by atoms with van der Waals surface area (Å²) in [5, 5.41) is 0.618. The smallest absolute Gasteiger partial charge is 0.149 e. The van der Waals surface area contributed by atoms with Crippen molar-refractivity contribution in [3.05, 3.63) is 34.9 Å². The fourth-order valence-corrected chi connectivity index (χ4v) is 2.80. The van der Waals surface area contributed by atoms with Gasteiger partial charge in [-0.05, 0) is 56.2 Å². The van der Waals surface area contributed by atoms with Crippen LogP contribution in [0.3, 0.4) is 0 Å². The third-order valence-electron chi connectivity index (χ3n) is 4.34. The van der Waals surface area contributed by atoms with Crippen molar-refractivity contribution in [3.63, 3.8) is 0 Å². The minimum atomic E-state index is -2.74. The minimum absolute atomic E-state index is 0.229. The van der Waals surface area contributed by atoms with E-state index < -0.39 is 9.84 Å². The molecule has 1 fully saturated rings. The quantitative estimate of drug-likeness (QED) is 0.775. The molecule has 0 spiro atoms. The van der Waals surface area contributed by atoms with Gasteiger partial charge in [-0.15, -0.1) is 0 Å². The van der Waals surface area contributed by atoms with Crippen LogP contribution in [0.5, 0.6) is 0 Å². The number of hydrogen-bond acceptors (Lipinski definition) is 2. The molecule has 1 aromatic rings. The van der Waals surface area contributed by atoms with Crippen molar-refractivity contribution in [2.24, 2.45) is 5.92 Å². The molecule has 1 aliphatic carbocycles. The Kier molecular flexibility index (Phi) is 7.22. The highest BCUT2D eigenvalue weighted by Crippen LogP contribution is 2.41. The molecule has 2 nitrogen and oxygen atoms in total. The van der Waals surface area contributed by atoms with Gasteiger partial charge in [-0.25, -0.2) is 8.42 Å². The van der Waals surface area contributed by atoms with E-state index in [1.54, 1.807) is 13.8 Å². The molecule has 120 valence electrons. The summed E-state index contributed by atoms with van der Waals surface area (Å²) in [6.07, 6.45) is 6.71. The lowest BCUT2D eigenvalue weighted by molar-refractivity contribution is 0.470. The molecule has 0 saturated heterocycles. The van der Waals surface area contributed by atoms with E-state index in [2.05, 4.69) is 19.1 Å². The average molecular weight is 331 g/mol. The Morgan fingerprint density at radius 3 is 2.14 bits per heavy atom. The maximum atomic E-state index is 10.3. The topological polar surface area (TPSA) is 34.1 Å². The molecule has 0 aromatic heterocycles. The molecular formula is C17H27ClO2S. The van der Waals surface area contributed by atoms with Crippen LogP contribution in [0.1, 0.15) is 57.9 Å². The average Bonchev–Trinajstić information content (AvgIpc) is 2.87. The molecule has 2 atom stereocenters. The highest BCUT2D eigenvalue weighted by Gasteiger charge is 2.26. The number of sulfone groups is 1. The summed E-state index contributed by atoms with van der Waals surface area (Å²) < 4.78 is 20.7. The Balaban J connectivity index is 0.000000270. The fraction of sp³-hybridized carbons (Fsp3) is 0.647. The lowest BCUT2D eigenvalue weighted by atomic mass is 9.87. The highest BCUT2D eigenvalue weighted by molar-refractivity contribution is 7.91. The van der Waals surface area contributed by atoms with Crippen molar-refractivity contribution in [2.75, 3.05) is 6.26 Å². The molecule has 0 heterocycles. The van der Waals surface area contributed by atoms with Crippen LogP contribution in [-0.4, -0.2) is 19.9 Å². The number of halogens is 1. The van der Waals surface area contributed by atoms with E-state index in [0.29, 0.717) is 0 Å². The Morgan fingerprint density at radius 2 is 1.71 bits per heavy atom. The third kappa shape index (κ3) is 5.99. The largest absolute Gasteiger partial charge is 0.229 e. The summed E-state index contributed by atoms with van der Waals surface area (Å²) in [5.74, 6) is 1.69. The summed E-state index contributed by atoms with van der Waals surface area (Å²) in [5.41, 5.74) is 1.48. The van der Waals surface area contributed by atoms with Crippen LogP contribution in [0, 0.1) is 5.92 Å². The molecule has 2 rings (SSSR count). The minimum Gasteiger partial charge on any atom is -0.229 e. The van der Waals surface area contributed by atoms with Gasteiger partial charge in [-0.1, -0.05) is 43.5 Å². The van der Waals surface area contributed by atoms with Crippen LogP contribution < -0.4 is 0 Å². The van der Waals surface area contributed by atoms with E-state index in [9.17, 15) is 8.42 Å². The van der Waals surface area contributed by atoms with Gasteiger partial charge in [0, 0.05) is 11.3 Å². The normalized spacial score (nSPS) is 22.0. The standard InChI is InChI=1S/C13H17Cl.C4H10O2S/c1-2-10-4-3-5-13(10)11-6-8-12(14)9-7-11;1-4(2)7(3,5)6/h6-10,13H,2-5H2,1H3;4H,1-3H3. The van der Waals surface area contributed by atoms with Gasteiger partial charge in [0.05, 0.1) is 5.25 Å². The van der Waals surface area contributed by atoms with Crippen LogP contribution in [-0.2, 0) is 9.84 Å². The molecule has 1 aromatic carbocycles. The lowest BCUT2D eigenvalue weighted by Gasteiger charge is -2.18. The van der Waals surface area contributed by atoms with Gasteiger partial charge in [-0.3, -0.25) is 0 Å². The number of rotatable bonds is 3. The first-order chi connectivity index (χ1) is 9.75. The molecule has 0 bridgehead atoms. The van der Waals surface area contributed by atoms with E-state index in [-0.39, 0.29) is 5.25 Å². The Labute approximate surface area is 134 Å². The number of benzene rings is 1. The number of hydrogen-bond donors (Lipinski definition) is 0. The van der Waals surface area contributed by atoms with Crippen molar-refractivity contribution in [2.45, 2.75) is 57.6 Å². The van der Waals surface area contributed by atoms with Gasteiger partial charge < -0.3 is 0 Å². The van der Waals surface area contributed by atoms with Gasteiger partial charge in [0.25, 0.3) is 0 Å². The van der Waals surface area contributed by atoms with Crippen LogP contribution >= 0.6 is 11.6 Å². The fourth-order valence-electron chi connectivity index (χ4n) is 2.67. The summed E-state index contributed by atoms with van der Waals surface area (Å²) in [7, 11) is -2.74. The lowest BCUT2D eigenvalue weighted by Crippen LogP contribution is -2.10. The van der Waals surface area contributed by atoms with E-state index in [1.807, 2.05) is 12.1 Å². The first kappa shape index (κ1) is 18.5. The zero-order chi connectivity index (χ0) is 16.0. The SMILES string of the molecule is CC(C)S(C)(=O)=O.CCC1CCCC1c1ccc(Cl)cc1. The molecule has 2 unspecified atom stereocenters. The molecule has 4 heteroatoms. The Morgan fingerprint density at radius 1 is 1.19 bits per heavy atom. The maximum Gasteiger partial charge on any atom is 0.149 e. The van der Waals surface area contributed by atoms with E-state index in [4.69, 9.17) is 11.6 Å².